The van der Waals surface area contributed by atoms with Crippen LogP contribution in [-0.2, 0) is 19.6 Å². The number of rotatable bonds is 5. The molecule has 2 aromatic rings. The number of ether oxygens (including phenoxy) is 1. The fourth-order valence-electron chi connectivity index (χ4n) is 2.61. The predicted octanol–water partition coefficient (Wildman–Crippen LogP) is 2.29. The number of amides is 2. The van der Waals surface area contributed by atoms with Crippen molar-refractivity contribution in [3.05, 3.63) is 48.3 Å². The van der Waals surface area contributed by atoms with E-state index in [2.05, 4.69) is 4.72 Å². The van der Waals surface area contributed by atoms with Gasteiger partial charge in [-0.25, -0.2) is 12.8 Å². The molecule has 1 fully saturated rings. The lowest BCUT2D eigenvalue weighted by Gasteiger charge is -2.17. The topological polar surface area (TPSA) is 92.8 Å². The molecular formula is C17H15FN2O5S. The van der Waals surface area contributed by atoms with E-state index in [0.29, 0.717) is 0 Å². The van der Waals surface area contributed by atoms with Gasteiger partial charge < -0.3 is 4.74 Å². The van der Waals surface area contributed by atoms with Crippen molar-refractivity contribution in [3.63, 3.8) is 0 Å². The maximum atomic E-state index is 13.0. The van der Waals surface area contributed by atoms with E-state index in [-0.39, 0.29) is 34.9 Å². The van der Waals surface area contributed by atoms with E-state index < -0.39 is 27.7 Å². The molecule has 9 heteroatoms. The Balaban J connectivity index is 2.01. The van der Waals surface area contributed by atoms with Crippen molar-refractivity contribution >= 4 is 33.2 Å². The van der Waals surface area contributed by atoms with Crippen molar-refractivity contribution in [2.45, 2.75) is 17.7 Å². The zero-order valence-electron chi connectivity index (χ0n) is 13.7. The molecule has 1 heterocycles. The van der Waals surface area contributed by atoms with Gasteiger partial charge in [0.05, 0.1) is 12.8 Å². The van der Waals surface area contributed by atoms with Gasteiger partial charge in [-0.3, -0.25) is 19.2 Å². The Labute approximate surface area is 149 Å². The molecule has 1 N–H and O–H groups in total. The molecule has 1 aliphatic heterocycles. The number of nitrogens with one attached hydrogen (secondary N) is 1. The maximum absolute atomic E-state index is 13.0. The zero-order chi connectivity index (χ0) is 18.9. The standard InChI is InChI=1S/C17H15FN2O5S/c1-25-14-7-6-13(20-16(21)8-9-17(20)22)10-15(14)26(23,24)19-12-4-2-11(18)3-5-12/h2-7,10,19H,8-9H2,1H3. The number of carbonyl (C=O) groups is 2. The van der Waals surface area contributed by atoms with Crippen molar-refractivity contribution in [2.24, 2.45) is 0 Å². The van der Waals surface area contributed by atoms with Crippen LogP contribution in [0, 0.1) is 5.82 Å². The number of methoxy groups -OCH3 is 1. The minimum atomic E-state index is -4.10. The van der Waals surface area contributed by atoms with Crippen molar-refractivity contribution in [1.29, 1.82) is 0 Å². The molecule has 2 amide bonds. The molecule has 0 spiro atoms. The molecule has 3 rings (SSSR count). The summed E-state index contributed by atoms with van der Waals surface area (Å²) in [4.78, 5) is 24.5. The summed E-state index contributed by atoms with van der Waals surface area (Å²) in [5.41, 5.74) is 0.310. The second-order valence-electron chi connectivity index (χ2n) is 5.57. The van der Waals surface area contributed by atoms with Gasteiger partial charge in [0.15, 0.2) is 0 Å². The Kier molecular flexibility index (Phi) is 4.64. The highest BCUT2D eigenvalue weighted by Gasteiger charge is 2.32. The van der Waals surface area contributed by atoms with E-state index in [1.165, 1.54) is 37.4 Å². The third-order valence-corrected chi connectivity index (χ3v) is 5.25. The Morgan fingerprint density at radius 3 is 2.23 bits per heavy atom. The molecule has 0 aromatic heterocycles. The number of benzene rings is 2. The normalized spacial score (nSPS) is 14.6. The van der Waals surface area contributed by atoms with Crippen LogP contribution in [0.3, 0.4) is 0 Å². The van der Waals surface area contributed by atoms with E-state index in [1.54, 1.807) is 0 Å². The summed E-state index contributed by atoms with van der Waals surface area (Å²) < 4.78 is 45.8. The first-order valence-electron chi connectivity index (χ1n) is 7.64. The van der Waals surface area contributed by atoms with Gasteiger partial charge >= 0.3 is 0 Å². The molecule has 0 saturated carbocycles. The van der Waals surface area contributed by atoms with Crippen molar-refractivity contribution in [2.75, 3.05) is 16.7 Å². The molecule has 136 valence electrons. The highest BCUT2D eigenvalue weighted by atomic mass is 32.2. The van der Waals surface area contributed by atoms with Gasteiger partial charge in [-0.15, -0.1) is 0 Å². The number of anilines is 2. The van der Waals surface area contributed by atoms with Gasteiger partial charge in [-0.1, -0.05) is 0 Å². The number of nitrogens with zero attached hydrogens (tertiary/aromatic N) is 1. The third kappa shape index (κ3) is 3.38. The lowest BCUT2D eigenvalue weighted by atomic mass is 10.2. The fraction of sp³-hybridized carbons (Fsp3) is 0.176. The molecule has 1 saturated heterocycles. The van der Waals surface area contributed by atoms with Crippen molar-refractivity contribution in [1.82, 2.24) is 0 Å². The van der Waals surface area contributed by atoms with Gasteiger partial charge in [0.25, 0.3) is 10.0 Å². The predicted molar refractivity (Wildman–Crippen MR) is 91.9 cm³/mol. The average molecular weight is 378 g/mol. The maximum Gasteiger partial charge on any atom is 0.265 e. The SMILES string of the molecule is COc1ccc(N2C(=O)CCC2=O)cc1S(=O)(=O)Nc1ccc(F)cc1. The highest BCUT2D eigenvalue weighted by molar-refractivity contribution is 7.92. The lowest BCUT2D eigenvalue weighted by molar-refractivity contribution is -0.121. The minimum Gasteiger partial charge on any atom is -0.495 e. The van der Waals surface area contributed by atoms with Crippen LogP contribution in [0.1, 0.15) is 12.8 Å². The van der Waals surface area contributed by atoms with Gasteiger partial charge in [-0.2, -0.15) is 0 Å². The Morgan fingerprint density at radius 2 is 1.65 bits per heavy atom. The second-order valence-corrected chi connectivity index (χ2v) is 7.22. The Hall–Kier alpha value is -2.94. The molecule has 1 aliphatic rings. The number of hydrogen-bond donors (Lipinski definition) is 1. The third-order valence-electron chi connectivity index (χ3n) is 3.84. The molecule has 0 bridgehead atoms. The van der Waals surface area contributed by atoms with Crippen LogP contribution in [-0.4, -0.2) is 27.3 Å². The van der Waals surface area contributed by atoms with Crippen molar-refractivity contribution < 1.29 is 27.1 Å². The second kappa shape index (κ2) is 6.75. The van der Waals surface area contributed by atoms with Gasteiger partial charge in [0.2, 0.25) is 11.8 Å². The largest absolute Gasteiger partial charge is 0.495 e. The van der Waals surface area contributed by atoms with Crippen LogP contribution in [0.15, 0.2) is 47.4 Å². The summed E-state index contributed by atoms with van der Waals surface area (Å²) >= 11 is 0. The van der Waals surface area contributed by atoms with Gasteiger partial charge in [-0.05, 0) is 42.5 Å². The number of hydrogen-bond acceptors (Lipinski definition) is 5. The summed E-state index contributed by atoms with van der Waals surface area (Å²) in [6.45, 7) is 0. The molecule has 0 radical (unpaired) electrons. The van der Waals surface area contributed by atoms with E-state index in [1.807, 2.05) is 0 Å². The first-order valence-corrected chi connectivity index (χ1v) is 9.12. The van der Waals surface area contributed by atoms with E-state index in [0.717, 1.165) is 17.0 Å². The molecule has 2 aromatic carbocycles. The van der Waals surface area contributed by atoms with Crippen LogP contribution in [0.5, 0.6) is 5.75 Å². The van der Waals surface area contributed by atoms with Crippen LogP contribution in [0.25, 0.3) is 0 Å². The first-order chi connectivity index (χ1) is 12.3. The first kappa shape index (κ1) is 17.9. The lowest BCUT2D eigenvalue weighted by Crippen LogP contribution is -2.28. The number of carbonyl (C=O) groups excluding carboxylic acids is 2. The van der Waals surface area contributed by atoms with Crippen LogP contribution in [0.4, 0.5) is 15.8 Å². The van der Waals surface area contributed by atoms with E-state index in [4.69, 9.17) is 4.74 Å². The monoisotopic (exact) mass is 378 g/mol. The zero-order valence-corrected chi connectivity index (χ0v) is 14.5. The summed E-state index contributed by atoms with van der Waals surface area (Å²) in [6, 6.07) is 8.80. The smallest absolute Gasteiger partial charge is 0.265 e. The molecule has 0 atom stereocenters. The van der Waals surface area contributed by atoms with Crippen LogP contribution >= 0.6 is 0 Å². The minimum absolute atomic E-state index is 0.0439. The van der Waals surface area contributed by atoms with E-state index in [9.17, 15) is 22.4 Å². The summed E-state index contributed by atoms with van der Waals surface area (Å²) in [5, 5.41) is 0. The molecule has 0 unspecified atom stereocenters. The van der Waals surface area contributed by atoms with Crippen molar-refractivity contribution in [3.8, 4) is 5.75 Å². The molecule has 7 nitrogen and oxygen atoms in total. The van der Waals surface area contributed by atoms with Crippen LogP contribution in [0.2, 0.25) is 0 Å². The number of sulfonamides is 1. The molecular weight excluding hydrogens is 363 g/mol. The Morgan fingerprint density at radius 1 is 1.04 bits per heavy atom. The number of halogens is 1. The highest BCUT2D eigenvalue weighted by Crippen LogP contribution is 2.32. The molecule has 0 aliphatic carbocycles. The summed E-state index contributed by atoms with van der Waals surface area (Å²) in [6.07, 6.45) is 0.168. The number of imide groups is 1. The van der Waals surface area contributed by atoms with Crippen LogP contribution < -0.4 is 14.4 Å². The average Bonchev–Trinajstić information content (AvgIpc) is 2.95. The summed E-state index contributed by atoms with van der Waals surface area (Å²) in [5.74, 6) is -1.24. The Bertz CT molecular complexity index is 957. The quantitative estimate of drug-likeness (QED) is 0.806. The van der Waals surface area contributed by atoms with Gasteiger partial charge in [0, 0.05) is 18.5 Å². The molecule has 26 heavy (non-hydrogen) atoms. The fourth-order valence-corrected chi connectivity index (χ4v) is 3.86. The van der Waals surface area contributed by atoms with E-state index >= 15 is 0 Å². The summed E-state index contributed by atoms with van der Waals surface area (Å²) in [7, 11) is -2.80. The van der Waals surface area contributed by atoms with Gasteiger partial charge in [0.1, 0.15) is 16.5 Å².